The van der Waals surface area contributed by atoms with Gasteiger partial charge >= 0.3 is 0 Å². The Balaban J connectivity index is 1.44. The monoisotopic (exact) mass is 397 g/mol. The van der Waals surface area contributed by atoms with E-state index >= 15 is 0 Å². The van der Waals surface area contributed by atoms with Gasteiger partial charge in [-0.2, -0.15) is 5.10 Å². The molecule has 6 heteroatoms. The van der Waals surface area contributed by atoms with Gasteiger partial charge in [0.1, 0.15) is 5.82 Å². The standard InChI is InChI=1S/C24H23N5O/c1-28-21-12-16-29(15-11-20(21)22(27-28)17-7-3-2-4-8-17)24(30)19-10-6-5-9-18(19)23-25-13-14-26-23/h2-10,13-14H,11-12,15-16H2,1H3,(H,25,26). The number of aromatic nitrogens is 4. The fourth-order valence-corrected chi connectivity index (χ4v) is 4.27. The minimum Gasteiger partial charge on any atom is -0.345 e. The molecule has 1 N–H and O–H groups in total. The van der Waals surface area contributed by atoms with E-state index in [0.717, 1.165) is 29.7 Å². The van der Waals surface area contributed by atoms with E-state index in [0.29, 0.717) is 24.5 Å². The molecule has 0 aliphatic carbocycles. The number of aryl methyl sites for hydroxylation is 1. The van der Waals surface area contributed by atoms with Crippen molar-refractivity contribution in [1.29, 1.82) is 0 Å². The molecule has 1 aliphatic rings. The topological polar surface area (TPSA) is 66.8 Å². The van der Waals surface area contributed by atoms with Crippen molar-refractivity contribution >= 4 is 5.91 Å². The van der Waals surface area contributed by atoms with E-state index in [-0.39, 0.29) is 5.91 Å². The van der Waals surface area contributed by atoms with Gasteiger partial charge in [-0.1, -0.05) is 48.5 Å². The van der Waals surface area contributed by atoms with Gasteiger partial charge in [-0.25, -0.2) is 4.98 Å². The fraction of sp³-hybridized carbons (Fsp3) is 0.208. The zero-order valence-corrected chi connectivity index (χ0v) is 16.9. The minimum atomic E-state index is 0.0454. The van der Waals surface area contributed by atoms with Gasteiger partial charge in [0.05, 0.1) is 11.3 Å². The quantitative estimate of drug-likeness (QED) is 0.573. The van der Waals surface area contributed by atoms with E-state index in [4.69, 9.17) is 5.10 Å². The highest BCUT2D eigenvalue weighted by Gasteiger charge is 2.26. The number of hydrogen-bond donors (Lipinski definition) is 1. The van der Waals surface area contributed by atoms with Gasteiger partial charge in [0.2, 0.25) is 0 Å². The van der Waals surface area contributed by atoms with Gasteiger partial charge in [0.25, 0.3) is 5.91 Å². The van der Waals surface area contributed by atoms with E-state index < -0.39 is 0 Å². The molecule has 1 aliphatic heterocycles. The number of fused-ring (bicyclic) bond motifs is 1. The second kappa shape index (κ2) is 7.63. The first-order chi connectivity index (χ1) is 14.7. The molecule has 30 heavy (non-hydrogen) atoms. The molecule has 2 aromatic carbocycles. The number of H-pyrrole nitrogens is 1. The summed E-state index contributed by atoms with van der Waals surface area (Å²) in [6.45, 7) is 1.34. The molecule has 0 spiro atoms. The molecular formula is C24H23N5O. The molecule has 0 saturated heterocycles. The zero-order chi connectivity index (χ0) is 20.5. The number of hydrogen-bond acceptors (Lipinski definition) is 3. The average Bonchev–Trinajstić information content (AvgIpc) is 3.37. The smallest absolute Gasteiger partial charge is 0.254 e. The third-order valence-corrected chi connectivity index (χ3v) is 5.77. The fourth-order valence-electron chi connectivity index (χ4n) is 4.27. The van der Waals surface area contributed by atoms with Gasteiger partial charge in [-0.15, -0.1) is 0 Å². The third kappa shape index (κ3) is 3.20. The van der Waals surface area contributed by atoms with Crippen molar-refractivity contribution in [3.05, 3.63) is 83.8 Å². The molecule has 0 atom stereocenters. The molecule has 0 bridgehead atoms. The summed E-state index contributed by atoms with van der Waals surface area (Å²) >= 11 is 0. The lowest BCUT2D eigenvalue weighted by molar-refractivity contribution is 0.0763. The van der Waals surface area contributed by atoms with Crippen LogP contribution >= 0.6 is 0 Å². The molecule has 3 heterocycles. The van der Waals surface area contributed by atoms with Crippen molar-refractivity contribution in [1.82, 2.24) is 24.6 Å². The Hall–Kier alpha value is -3.67. The van der Waals surface area contributed by atoms with Crippen molar-refractivity contribution in [3.63, 3.8) is 0 Å². The van der Waals surface area contributed by atoms with Crippen molar-refractivity contribution in [2.45, 2.75) is 12.8 Å². The lowest BCUT2D eigenvalue weighted by Crippen LogP contribution is -2.33. The molecular weight excluding hydrogens is 374 g/mol. The van der Waals surface area contributed by atoms with Gasteiger partial charge in [-0.3, -0.25) is 9.48 Å². The third-order valence-electron chi connectivity index (χ3n) is 5.77. The Morgan fingerprint density at radius 1 is 1.00 bits per heavy atom. The average molecular weight is 397 g/mol. The molecule has 2 aromatic heterocycles. The van der Waals surface area contributed by atoms with Crippen LogP contribution in [0.5, 0.6) is 0 Å². The molecule has 0 radical (unpaired) electrons. The Labute approximate surface area is 175 Å². The summed E-state index contributed by atoms with van der Waals surface area (Å²) in [4.78, 5) is 22.8. The molecule has 0 fully saturated rings. The second-order valence-electron chi connectivity index (χ2n) is 7.54. The molecule has 0 saturated carbocycles. The van der Waals surface area contributed by atoms with Crippen molar-refractivity contribution in [2.24, 2.45) is 7.05 Å². The lowest BCUT2D eigenvalue weighted by Gasteiger charge is -2.21. The van der Waals surface area contributed by atoms with Crippen LogP contribution in [-0.4, -0.2) is 43.6 Å². The zero-order valence-electron chi connectivity index (χ0n) is 16.9. The highest BCUT2D eigenvalue weighted by Crippen LogP contribution is 2.29. The molecule has 4 aromatic rings. The van der Waals surface area contributed by atoms with Crippen LogP contribution in [0.4, 0.5) is 0 Å². The molecule has 6 nitrogen and oxygen atoms in total. The Bertz CT molecular complexity index is 1180. The largest absolute Gasteiger partial charge is 0.345 e. The number of imidazole rings is 1. The predicted molar refractivity (Wildman–Crippen MR) is 116 cm³/mol. The number of nitrogens with zero attached hydrogens (tertiary/aromatic N) is 4. The first-order valence-corrected chi connectivity index (χ1v) is 10.2. The minimum absolute atomic E-state index is 0.0454. The van der Waals surface area contributed by atoms with E-state index in [9.17, 15) is 4.79 Å². The number of nitrogens with one attached hydrogen (secondary N) is 1. The summed E-state index contributed by atoms with van der Waals surface area (Å²) in [6, 6.07) is 17.9. The van der Waals surface area contributed by atoms with Crippen LogP contribution in [0, 0.1) is 0 Å². The van der Waals surface area contributed by atoms with E-state index in [1.807, 2.05) is 59.1 Å². The van der Waals surface area contributed by atoms with Crippen molar-refractivity contribution in [3.8, 4) is 22.6 Å². The normalized spacial score (nSPS) is 13.7. The predicted octanol–water partition coefficient (Wildman–Crippen LogP) is 3.72. The summed E-state index contributed by atoms with van der Waals surface area (Å²) in [6.07, 6.45) is 5.07. The van der Waals surface area contributed by atoms with E-state index in [2.05, 4.69) is 22.1 Å². The van der Waals surface area contributed by atoms with Crippen LogP contribution in [0.3, 0.4) is 0 Å². The Morgan fingerprint density at radius 2 is 1.77 bits per heavy atom. The maximum Gasteiger partial charge on any atom is 0.254 e. The highest BCUT2D eigenvalue weighted by molar-refractivity contribution is 6.00. The maximum absolute atomic E-state index is 13.4. The van der Waals surface area contributed by atoms with Crippen LogP contribution in [-0.2, 0) is 19.9 Å². The SMILES string of the molecule is Cn1nc(-c2ccccc2)c2c1CCN(C(=O)c1ccccc1-c1ncc[nH]1)CC2. The van der Waals surface area contributed by atoms with Gasteiger partial charge in [0, 0.05) is 61.3 Å². The molecule has 1 amide bonds. The van der Waals surface area contributed by atoms with Crippen LogP contribution in [0.2, 0.25) is 0 Å². The van der Waals surface area contributed by atoms with Gasteiger partial charge in [-0.05, 0) is 12.5 Å². The summed E-state index contributed by atoms with van der Waals surface area (Å²) in [5, 5.41) is 4.78. The Morgan fingerprint density at radius 3 is 2.57 bits per heavy atom. The summed E-state index contributed by atoms with van der Waals surface area (Å²) < 4.78 is 1.97. The number of aromatic amines is 1. The summed E-state index contributed by atoms with van der Waals surface area (Å²) in [7, 11) is 2.00. The molecule has 150 valence electrons. The first-order valence-electron chi connectivity index (χ1n) is 10.2. The lowest BCUT2D eigenvalue weighted by atomic mass is 10.0. The van der Waals surface area contributed by atoms with Gasteiger partial charge in [0.15, 0.2) is 0 Å². The number of benzene rings is 2. The molecule has 0 unspecified atom stereocenters. The number of amides is 1. The van der Waals surface area contributed by atoms with Crippen LogP contribution in [0.25, 0.3) is 22.6 Å². The van der Waals surface area contributed by atoms with E-state index in [1.54, 1.807) is 12.4 Å². The van der Waals surface area contributed by atoms with Crippen molar-refractivity contribution < 1.29 is 4.79 Å². The van der Waals surface area contributed by atoms with Crippen LogP contribution < -0.4 is 0 Å². The highest BCUT2D eigenvalue weighted by atomic mass is 16.2. The van der Waals surface area contributed by atoms with Crippen LogP contribution in [0.15, 0.2) is 67.0 Å². The summed E-state index contributed by atoms with van der Waals surface area (Å²) in [5.74, 6) is 0.761. The second-order valence-corrected chi connectivity index (χ2v) is 7.54. The van der Waals surface area contributed by atoms with Crippen molar-refractivity contribution in [2.75, 3.05) is 13.1 Å². The summed E-state index contributed by atoms with van der Waals surface area (Å²) in [5.41, 5.74) is 6.12. The van der Waals surface area contributed by atoms with Crippen LogP contribution in [0.1, 0.15) is 21.6 Å². The number of carbonyl (C=O) groups is 1. The maximum atomic E-state index is 13.4. The number of rotatable bonds is 3. The first kappa shape index (κ1) is 18.4. The van der Waals surface area contributed by atoms with E-state index in [1.165, 1.54) is 11.3 Å². The number of carbonyl (C=O) groups excluding carboxylic acids is 1. The molecule has 5 rings (SSSR count). The Kier molecular flexibility index (Phi) is 4.67. The van der Waals surface area contributed by atoms with Gasteiger partial charge < -0.3 is 9.88 Å².